The van der Waals surface area contributed by atoms with Gasteiger partial charge in [-0.2, -0.15) is 5.26 Å². The number of nitrogens with one attached hydrogen (secondary N) is 2. The number of para-hydroxylation sites is 1. The van der Waals surface area contributed by atoms with Gasteiger partial charge in [0.2, 0.25) is 5.91 Å². The maximum absolute atomic E-state index is 11.9. The number of carbonyl (C=O) groups excluding carboxylic acids is 1. The summed E-state index contributed by atoms with van der Waals surface area (Å²) in [5.41, 5.74) is 3.20. The zero-order valence-electron chi connectivity index (χ0n) is 12.2. The molecule has 0 aliphatic carbocycles. The quantitative estimate of drug-likeness (QED) is 0.847. The molecule has 1 amide bonds. The van der Waals surface area contributed by atoms with Crippen LogP contribution in [0, 0.1) is 18.3 Å². The van der Waals surface area contributed by atoms with Gasteiger partial charge in [-0.25, -0.2) is 0 Å². The first-order chi connectivity index (χ1) is 10.6. The Hall–Kier alpha value is -2.32. The summed E-state index contributed by atoms with van der Waals surface area (Å²) in [5, 5.41) is 15.0. The molecule has 22 heavy (non-hydrogen) atoms. The monoisotopic (exact) mass is 357 g/mol. The van der Waals surface area contributed by atoms with E-state index in [9.17, 15) is 4.79 Å². The second-order valence-corrected chi connectivity index (χ2v) is 5.70. The molecule has 112 valence electrons. The van der Waals surface area contributed by atoms with Crippen molar-refractivity contribution in [2.45, 2.75) is 13.3 Å². The van der Waals surface area contributed by atoms with Crippen molar-refractivity contribution in [1.82, 2.24) is 0 Å². The van der Waals surface area contributed by atoms with Gasteiger partial charge in [-0.3, -0.25) is 4.79 Å². The minimum absolute atomic E-state index is 0.0716. The summed E-state index contributed by atoms with van der Waals surface area (Å²) in [4.78, 5) is 11.9. The van der Waals surface area contributed by atoms with Gasteiger partial charge in [-0.05, 0) is 36.8 Å². The Morgan fingerprint density at radius 3 is 2.77 bits per heavy atom. The smallest absolute Gasteiger partial charge is 0.226 e. The second-order valence-electron chi connectivity index (χ2n) is 4.85. The third kappa shape index (κ3) is 4.34. The molecular weight excluding hydrogens is 342 g/mol. The number of carbonyl (C=O) groups is 1. The van der Waals surface area contributed by atoms with Crippen molar-refractivity contribution in [3.63, 3.8) is 0 Å². The molecule has 0 saturated heterocycles. The topological polar surface area (TPSA) is 64.9 Å². The van der Waals surface area contributed by atoms with Crippen LogP contribution in [0.1, 0.15) is 17.5 Å². The van der Waals surface area contributed by atoms with E-state index in [1.807, 2.05) is 43.3 Å². The highest BCUT2D eigenvalue weighted by Gasteiger charge is 2.05. The van der Waals surface area contributed by atoms with E-state index in [0.717, 1.165) is 21.4 Å². The van der Waals surface area contributed by atoms with E-state index in [4.69, 9.17) is 5.26 Å². The fourth-order valence-corrected chi connectivity index (χ4v) is 2.32. The number of benzene rings is 2. The molecule has 0 radical (unpaired) electrons. The molecule has 0 aliphatic rings. The number of hydrogen-bond donors (Lipinski definition) is 2. The van der Waals surface area contributed by atoms with Crippen LogP contribution in [0.4, 0.5) is 11.4 Å². The Bertz CT molecular complexity index is 722. The molecule has 0 spiro atoms. The van der Waals surface area contributed by atoms with E-state index in [1.54, 1.807) is 6.07 Å². The highest BCUT2D eigenvalue weighted by molar-refractivity contribution is 9.10. The zero-order chi connectivity index (χ0) is 15.9. The molecule has 2 rings (SSSR count). The van der Waals surface area contributed by atoms with Gasteiger partial charge in [0.05, 0.1) is 11.3 Å². The van der Waals surface area contributed by atoms with Crippen molar-refractivity contribution in [2.24, 2.45) is 0 Å². The number of nitrogens with zero attached hydrogens (tertiary/aromatic N) is 1. The third-order valence-electron chi connectivity index (χ3n) is 3.17. The lowest BCUT2D eigenvalue weighted by atomic mass is 10.2. The highest BCUT2D eigenvalue weighted by Crippen LogP contribution is 2.20. The lowest BCUT2D eigenvalue weighted by molar-refractivity contribution is -0.115. The minimum atomic E-state index is -0.0716. The fourth-order valence-electron chi connectivity index (χ4n) is 1.94. The molecule has 0 fully saturated rings. The van der Waals surface area contributed by atoms with Gasteiger partial charge in [0.15, 0.2) is 0 Å². The predicted octanol–water partition coefficient (Wildman–Crippen LogP) is 4.07. The number of anilines is 2. The summed E-state index contributed by atoms with van der Waals surface area (Å²) in [5.74, 6) is -0.0716. The second kappa shape index (κ2) is 7.62. The van der Waals surface area contributed by atoms with Crippen molar-refractivity contribution in [3.05, 3.63) is 58.1 Å². The van der Waals surface area contributed by atoms with Gasteiger partial charge in [-0.1, -0.05) is 34.1 Å². The van der Waals surface area contributed by atoms with Crippen LogP contribution < -0.4 is 10.6 Å². The largest absolute Gasteiger partial charge is 0.383 e. The standard InChI is InChI=1S/C17H16BrN3O/c1-12-6-7-14(10-15(12)18)21-17(22)8-9-20-16-5-3-2-4-13(16)11-19/h2-7,10,20H,8-9H2,1H3,(H,21,22). The van der Waals surface area contributed by atoms with E-state index in [2.05, 4.69) is 32.6 Å². The molecular formula is C17H16BrN3O. The summed E-state index contributed by atoms with van der Waals surface area (Å²) in [7, 11) is 0. The zero-order valence-corrected chi connectivity index (χ0v) is 13.8. The molecule has 0 unspecified atom stereocenters. The Morgan fingerprint density at radius 1 is 1.27 bits per heavy atom. The molecule has 0 aliphatic heterocycles. The SMILES string of the molecule is Cc1ccc(NC(=O)CCNc2ccccc2C#N)cc1Br. The first kappa shape index (κ1) is 16.1. The maximum Gasteiger partial charge on any atom is 0.226 e. The first-order valence-electron chi connectivity index (χ1n) is 6.89. The van der Waals surface area contributed by atoms with Crippen LogP contribution in [0.5, 0.6) is 0 Å². The number of rotatable bonds is 5. The summed E-state index contributed by atoms with van der Waals surface area (Å²) in [6.07, 6.45) is 0.325. The van der Waals surface area contributed by atoms with Crippen LogP contribution in [-0.2, 0) is 4.79 Å². The van der Waals surface area contributed by atoms with Crippen molar-refractivity contribution in [3.8, 4) is 6.07 Å². The van der Waals surface area contributed by atoms with Gasteiger partial charge in [0, 0.05) is 23.1 Å². The van der Waals surface area contributed by atoms with Crippen molar-refractivity contribution >= 4 is 33.2 Å². The molecule has 2 aromatic carbocycles. The van der Waals surface area contributed by atoms with Crippen molar-refractivity contribution < 1.29 is 4.79 Å². The number of hydrogen-bond acceptors (Lipinski definition) is 3. The maximum atomic E-state index is 11.9. The van der Waals surface area contributed by atoms with E-state index in [-0.39, 0.29) is 5.91 Å². The molecule has 0 bridgehead atoms. The van der Waals surface area contributed by atoms with E-state index < -0.39 is 0 Å². The Balaban J connectivity index is 1.85. The van der Waals surface area contributed by atoms with Crippen molar-refractivity contribution in [2.75, 3.05) is 17.2 Å². The number of nitriles is 1. The van der Waals surface area contributed by atoms with Crippen LogP contribution in [0.3, 0.4) is 0 Å². The van der Waals surface area contributed by atoms with Crippen LogP contribution in [0.25, 0.3) is 0 Å². The average Bonchev–Trinajstić information content (AvgIpc) is 2.51. The number of halogens is 1. The molecule has 0 saturated carbocycles. The summed E-state index contributed by atoms with van der Waals surface area (Å²) < 4.78 is 0.964. The lowest BCUT2D eigenvalue weighted by Crippen LogP contribution is -2.16. The molecule has 2 N–H and O–H groups in total. The summed E-state index contributed by atoms with van der Waals surface area (Å²) in [6, 6.07) is 15.0. The van der Waals surface area contributed by atoms with Gasteiger partial charge in [-0.15, -0.1) is 0 Å². The van der Waals surface area contributed by atoms with Crippen molar-refractivity contribution in [1.29, 1.82) is 5.26 Å². The molecule has 0 aromatic heterocycles. The normalized spacial score (nSPS) is 9.86. The lowest BCUT2D eigenvalue weighted by Gasteiger charge is -2.09. The van der Waals surface area contributed by atoms with E-state index in [0.29, 0.717) is 18.5 Å². The predicted molar refractivity (Wildman–Crippen MR) is 91.8 cm³/mol. The molecule has 2 aromatic rings. The van der Waals surface area contributed by atoms with E-state index >= 15 is 0 Å². The minimum Gasteiger partial charge on any atom is -0.383 e. The van der Waals surface area contributed by atoms with Crippen LogP contribution in [0.2, 0.25) is 0 Å². The van der Waals surface area contributed by atoms with Gasteiger partial charge in [0.25, 0.3) is 0 Å². The third-order valence-corrected chi connectivity index (χ3v) is 4.02. The highest BCUT2D eigenvalue weighted by atomic mass is 79.9. The molecule has 5 heteroatoms. The fraction of sp³-hybridized carbons (Fsp3) is 0.176. The first-order valence-corrected chi connectivity index (χ1v) is 7.68. The summed E-state index contributed by atoms with van der Waals surface area (Å²) in [6.45, 7) is 2.46. The Morgan fingerprint density at radius 2 is 2.05 bits per heavy atom. The molecule has 0 heterocycles. The summed E-state index contributed by atoms with van der Waals surface area (Å²) >= 11 is 3.44. The van der Waals surface area contributed by atoms with Gasteiger partial charge < -0.3 is 10.6 Å². The van der Waals surface area contributed by atoms with Crippen LogP contribution >= 0.6 is 15.9 Å². The Kier molecular flexibility index (Phi) is 5.56. The van der Waals surface area contributed by atoms with Crippen LogP contribution in [0.15, 0.2) is 46.9 Å². The number of aryl methyl sites for hydroxylation is 1. The average molecular weight is 358 g/mol. The molecule has 0 atom stereocenters. The van der Waals surface area contributed by atoms with Gasteiger partial charge >= 0.3 is 0 Å². The molecule has 4 nitrogen and oxygen atoms in total. The number of amides is 1. The van der Waals surface area contributed by atoms with Gasteiger partial charge in [0.1, 0.15) is 6.07 Å². The van der Waals surface area contributed by atoms with E-state index in [1.165, 1.54) is 0 Å². The van der Waals surface area contributed by atoms with Crippen LogP contribution in [-0.4, -0.2) is 12.5 Å². The Labute approximate surface area is 138 Å².